The van der Waals surface area contributed by atoms with Gasteiger partial charge in [-0.2, -0.15) is 0 Å². The van der Waals surface area contributed by atoms with Gasteiger partial charge in [-0.05, 0) is 78.5 Å². The zero-order valence-corrected chi connectivity index (χ0v) is 30.6. The van der Waals surface area contributed by atoms with Gasteiger partial charge in [-0.1, -0.05) is 164 Å². The van der Waals surface area contributed by atoms with Crippen LogP contribution in [0.15, 0.2) is 192 Å². The quantitative estimate of drug-likeness (QED) is 0.166. The summed E-state index contributed by atoms with van der Waals surface area (Å²) in [6.45, 7) is 0. The standard InChI is InChI=1S/C53H31N3O/c1-2-13-34(14-3-1)40-26-28-44-42-21-8-9-22-43(42)45-29-27-41(50-48(45)47(44)49(40)57-50)36-18-10-19-37(31-36)51-54-52(38-25-24-32-12-4-5-16-35(32)30-38)56-53(55-51)46-23-11-17-33-15-6-7-20-39(33)46/h1-31H. The van der Waals surface area contributed by atoms with Crippen LogP contribution in [0.3, 0.4) is 0 Å². The highest BCUT2D eigenvalue weighted by Gasteiger charge is 2.23. The lowest BCUT2D eigenvalue weighted by Gasteiger charge is -2.12. The summed E-state index contributed by atoms with van der Waals surface area (Å²) in [7, 11) is 0. The fraction of sp³-hybridized carbons (Fsp3) is 0. The minimum atomic E-state index is 0.610. The second-order valence-electron chi connectivity index (χ2n) is 14.7. The second kappa shape index (κ2) is 12.4. The number of benzene rings is 10. The molecule has 0 unspecified atom stereocenters. The fourth-order valence-electron chi connectivity index (χ4n) is 8.78. The molecule has 12 rings (SSSR count). The van der Waals surface area contributed by atoms with Crippen molar-refractivity contribution in [3.05, 3.63) is 188 Å². The van der Waals surface area contributed by atoms with E-state index < -0.39 is 0 Å². The van der Waals surface area contributed by atoms with Crippen LogP contribution in [0.4, 0.5) is 0 Å². The van der Waals surface area contributed by atoms with Gasteiger partial charge in [0.1, 0.15) is 11.2 Å². The van der Waals surface area contributed by atoms with Crippen LogP contribution in [0.1, 0.15) is 0 Å². The zero-order chi connectivity index (χ0) is 37.5. The summed E-state index contributed by atoms with van der Waals surface area (Å²) in [5.74, 6) is 1.88. The molecule has 0 amide bonds. The van der Waals surface area contributed by atoms with Gasteiger partial charge in [0.15, 0.2) is 17.5 Å². The molecule has 57 heavy (non-hydrogen) atoms. The maximum Gasteiger partial charge on any atom is 0.164 e. The Bertz CT molecular complexity index is 3530. The topological polar surface area (TPSA) is 51.8 Å². The molecule has 4 heteroatoms. The van der Waals surface area contributed by atoms with Crippen LogP contribution in [0, 0.1) is 0 Å². The normalized spacial score (nSPS) is 11.9. The van der Waals surface area contributed by atoms with Gasteiger partial charge in [-0.15, -0.1) is 0 Å². The summed E-state index contributed by atoms with van der Waals surface area (Å²) in [5.41, 5.74) is 8.86. The predicted octanol–water partition coefficient (Wildman–Crippen LogP) is 14.2. The molecule has 0 atom stereocenters. The largest absolute Gasteiger partial charge is 0.455 e. The zero-order valence-electron chi connectivity index (χ0n) is 30.6. The molecule has 264 valence electrons. The Hall–Kier alpha value is -7.69. The predicted molar refractivity (Wildman–Crippen MR) is 235 cm³/mol. The summed E-state index contributed by atoms with van der Waals surface area (Å²) < 4.78 is 7.09. The van der Waals surface area contributed by atoms with E-state index in [1.54, 1.807) is 0 Å². The summed E-state index contributed by atoms with van der Waals surface area (Å²) in [4.78, 5) is 15.5. The number of fused-ring (bicyclic) bond motifs is 5. The van der Waals surface area contributed by atoms with E-state index in [0.29, 0.717) is 17.5 Å². The molecular formula is C53H31N3O. The molecule has 4 nitrogen and oxygen atoms in total. The van der Waals surface area contributed by atoms with Crippen molar-refractivity contribution in [2.24, 2.45) is 0 Å². The third-order valence-electron chi connectivity index (χ3n) is 11.5. The summed E-state index contributed by atoms with van der Waals surface area (Å²) in [5, 5.41) is 11.7. The number of rotatable bonds is 5. The lowest BCUT2D eigenvalue weighted by molar-refractivity contribution is 0.671. The van der Waals surface area contributed by atoms with Crippen molar-refractivity contribution in [3.63, 3.8) is 0 Å². The van der Waals surface area contributed by atoms with E-state index in [2.05, 4.69) is 188 Å². The van der Waals surface area contributed by atoms with Gasteiger partial charge in [0.05, 0.1) is 0 Å². The number of furan rings is 1. The number of aromatic nitrogens is 3. The molecule has 0 saturated carbocycles. The number of hydrogen-bond acceptors (Lipinski definition) is 4. The number of nitrogens with zero attached hydrogens (tertiary/aromatic N) is 3. The van der Waals surface area contributed by atoms with Gasteiger partial charge >= 0.3 is 0 Å². The van der Waals surface area contributed by atoms with Crippen LogP contribution in [-0.4, -0.2) is 15.0 Å². The first kappa shape index (κ1) is 31.6. The van der Waals surface area contributed by atoms with Crippen molar-refractivity contribution in [1.29, 1.82) is 0 Å². The monoisotopic (exact) mass is 725 g/mol. The molecule has 0 saturated heterocycles. The smallest absolute Gasteiger partial charge is 0.164 e. The minimum absolute atomic E-state index is 0.610. The Kier molecular flexibility index (Phi) is 6.89. The van der Waals surface area contributed by atoms with Crippen LogP contribution in [0.2, 0.25) is 0 Å². The molecule has 12 aromatic rings. The van der Waals surface area contributed by atoms with Gasteiger partial charge in [-0.25, -0.2) is 15.0 Å². The third-order valence-corrected chi connectivity index (χ3v) is 11.5. The van der Waals surface area contributed by atoms with Crippen LogP contribution < -0.4 is 0 Å². The first-order valence-corrected chi connectivity index (χ1v) is 19.3. The summed E-state index contributed by atoms with van der Waals surface area (Å²) >= 11 is 0. The highest BCUT2D eigenvalue weighted by molar-refractivity contribution is 6.35. The van der Waals surface area contributed by atoms with Gasteiger partial charge in [0, 0.05) is 38.6 Å². The Morgan fingerprint density at radius 2 is 0.807 bits per heavy atom. The molecule has 0 bridgehead atoms. The van der Waals surface area contributed by atoms with Gasteiger partial charge in [0.2, 0.25) is 0 Å². The van der Waals surface area contributed by atoms with Crippen molar-refractivity contribution in [2.75, 3.05) is 0 Å². The van der Waals surface area contributed by atoms with Gasteiger partial charge < -0.3 is 4.42 Å². The average molecular weight is 726 g/mol. The highest BCUT2D eigenvalue weighted by Crippen LogP contribution is 2.48. The molecule has 0 N–H and O–H groups in total. The van der Waals surface area contributed by atoms with E-state index in [9.17, 15) is 0 Å². The van der Waals surface area contributed by atoms with Gasteiger partial charge in [-0.3, -0.25) is 0 Å². The van der Waals surface area contributed by atoms with Gasteiger partial charge in [0.25, 0.3) is 0 Å². The third kappa shape index (κ3) is 4.98. The Labute approximate surface area is 327 Å². The van der Waals surface area contributed by atoms with Crippen LogP contribution in [-0.2, 0) is 0 Å². The van der Waals surface area contributed by atoms with Crippen LogP contribution in [0.25, 0.3) is 121 Å². The molecule has 0 aliphatic heterocycles. The molecular weight excluding hydrogens is 695 g/mol. The first-order valence-electron chi connectivity index (χ1n) is 19.3. The first-order chi connectivity index (χ1) is 28.2. The summed E-state index contributed by atoms with van der Waals surface area (Å²) in [6, 6.07) is 66.1. The lowest BCUT2D eigenvalue weighted by Crippen LogP contribution is -2.00. The molecule has 0 fully saturated rings. The van der Waals surface area contributed by atoms with E-state index in [1.807, 2.05) is 0 Å². The minimum Gasteiger partial charge on any atom is -0.455 e. The van der Waals surface area contributed by atoms with E-state index in [0.717, 1.165) is 77.0 Å². The van der Waals surface area contributed by atoms with Crippen molar-refractivity contribution in [3.8, 4) is 56.4 Å². The Balaban J connectivity index is 1.08. The van der Waals surface area contributed by atoms with Crippen molar-refractivity contribution < 1.29 is 4.42 Å². The molecule has 0 spiro atoms. The molecule has 2 heterocycles. The Morgan fingerprint density at radius 1 is 0.281 bits per heavy atom. The van der Waals surface area contributed by atoms with E-state index in [1.165, 1.54) is 26.9 Å². The van der Waals surface area contributed by atoms with E-state index in [-0.39, 0.29) is 0 Å². The maximum atomic E-state index is 7.09. The van der Waals surface area contributed by atoms with E-state index >= 15 is 0 Å². The Morgan fingerprint density at radius 3 is 1.54 bits per heavy atom. The molecule has 0 aliphatic carbocycles. The second-order valence-corrected chi connectivity index (χ2v) is 14.7. The average Bonchev–Trinajstić information content (AvgIpc) is 3.69. The van der Waals surface area contributed by atoms with Crippen LogP contribution >= 0.6 is 0 Å². The molecule has 0 aliphatic rings. The number of hydrogen-bond donors (Lipinski definition) is 0. The fourth-order valence-corrected chi connectivity index (χ4v) is 8.78. The molecule has 10 aromatic carbocycles. The molecule has 0 radical (unpaired) electrons. The summed E-state index contributed by atoms with van der Waals surface area (Å²) in [6.07, 6.45) is 0. The van der Waals surface area contributed by atoms with E-state index in [4.69, 9.17) is 19.4 Å². The maximum absolute atomic E-state index is 7.09. The molecule has 2 aromatic heterocycles. The lowest BCUT2D eigenvalue weighted by atomic mass is 9.90. The SMILES string of the molecule is c1ccc(-c2ccc3c4ccccc4c4ccc(-c5cccc(-c6nc(-c7ccc8ccccc8c7)nc(-c7cccc8ccccc78)n6)c5)c5oc2c3c54)cc1. The van der Waals surface area contributed by atoms with Crippen LogP contribution in [0.5, 0.6) is 0 Å². The van der Waals surface area contributed by atoms with Crippen molar-refractivity contribution in [1.82, 2.24) is 15.0 Å². The van der Waals surface area contributed by atoms with Crippen molar-refractivity contribution in [2.45, 2.75) is 0 Å². The van der Waals surface area contributed by atoms with Crippen molar-refractivity contribution >= 4 is 65.0 Å². The highest BCUT2D eigenvalue weighted by atomic mass is 16.3.